The SMILES string of the molecule is COc1ccc(Cc2nnc3n2N=C(c2ccc(C)cc2)CS3)cc1. The molecular formula is C19H18N4OS. The lowest BCUT2D eigenvalue weighted by Gasteiger charge is -2.14. The molecule has 0 bridgehead atoms. The summed E-state index contributed by atoms with van der Waals surface area (Å²) in [6, 6.07) is 16.5. The van der Waals surface area contributed by atoms with Gasteiger partial charge < -0.3 is 4.74 Å². The third-order valence-corrected chi connectivity index (χ3v) is 5.07. The molecule has 0 saturated heterocycles. The number of rotatable bonds is 4. The lowest BCUT2D eigenvalue weighted by atomic mass is 10.1. The molecule has 0 amide bonds. The summed E-state index contributed by atoms with van der Waals surface area (Å²) in [4.78, 5) is 0. The summed E-state index contributed by atoms with van der Waals surface area (Å²) in [5, 5.41) is 14.2. The molecule has 25 heavy (non-hydrogen) atoms. The minimum Gasteiger partial charge on any atom is -0.497 e. The van der Waals surface area contributed by atoms with E-state index in [-0.39, 0.29) is 0 Å². The number of ether oxygens (including phenoxy) is 1. The maximum Gasteiger partial charge on any atom is 0.212 e. The Morgan fingerprint density at radius 2 is 1.80 bits per heavy atom. The Morgan fingerprint density at radius 1 is 1.04 bits per heavy atom. The molecule has 0 radical (unpaired) electrons. The summed E-state index contributed by atoms with van der Waals surface area (Å²) in [6.07, 6.45) is 0.683. The predicted octanol–water partition coefficient (Wildman–Crippen LogP) is 3.54. The molecule has 126 valence electrons. The van der Waals surface area contributed by atoms with Gasteiger partial charge in [0.2, 0.25) is 5.16 Å². The van der Waals surface area contributed by atoms with Gasteiger partial charge in [0.15, 0.2) is 5.82 Å². The number of methoxy groups -OCH3 is 1. The number of hydrogen-bond acceptors (Lipinski definition) is 5. The molecule has 1 aromatic heterocycles. The van der Waals surface area contributed by atoms with Crippen molar-refractivity contribution in [1.29, 1.82) is 0 Å². The van der Waals surface area contributed by atoms with Crippen LogP contribution in [0.15, 0.2) is 58.8 Å². The lowest BCUT2D eigenvalue weighted by molar-refractivity contribution is 0.414. The van der Waals surface area contributed by atoms with Crippen LogP contribution in [0.25, 0.3) is 0 Å². The number of aromatic nitrogens is 3. The van der Waals surface area contributed by atoms with Gasteiger partial charge in [-0.3, -0.25) is 0 Å². The van der Waals surface area contributed by atoms with Crippen molar-refractivity contribution >= 4 is 17.5 Å². The Labute approximate surface area is 150 Å². The van der Waals surface area contributed by atoms with E-state index in [0.717, 1.165) is 39.3 Å². The van der Waals surface area contributed by atoms with Crippen LogP contribution in [-0.2, 0) is 6.42 Å². The molecule has 0 aliphatic carbocycles. The average molecular weight is 350 g/mol. The van der Waals surface area contributed by atoms with E-state index in [1.54, 1.807) is 18.9 Å². The Balaban J connectivity index is 1.63. The van der Waals surface area contributed by atoms with Crippen molar-refractivity contribution in [1.82, 2.24) is 14.9 Å². The van der Waals surface area contributed by atoms with E-state index < -0.39 is 0 Å². The quantitative estimate of drug-likeness (QED) is 0.722. The van der Waals surface area contributed by atoms with Crippen LogP contribution >= 0.6 is 11.8 Å². The number of thioether (sulfide) groups is 1. The maximum absolute atomic E-state index is 5.21. The van der Waals surface area contributed by atoms with Crippen LogP contribution < -0.4 is 4.74 Å². The summed E-state index contributed by atoms with van der Waals surface area (Å²) in [5.41, 5.74) is 4.60. The molecule has 0 atom stereocenters. The van der Waals surface area contributed by atoms with Gasteiger partial charge in [0, 0.05) is 12.2 Å². The van der Waals surface area contributed by atoms with Gasteiger partial charge in [0.25, 0.3) is 0 Å². The zero-order valence-corrected chi connectivity index (χ0v) is 15.0. The highest BCUT2D eigenvalue weighted by Gasteiger charge is 2.19. The van der Waals surface area contributed by atoms with Crippen molar-refractivity contribution in [2.45, 2.75) is 18.5 Å². The van der Waals surface area contributed by atoms with E-state index >= 15 is 0 Å². The molecule has 5 nitrogen and oxygen atoms in total. The van der Waals surface area contributed by atoms with Crippen LogP contribution in [0, 0.1) is 6.92 Å². The molecule has 0 spiro atoms. The van der Waals surface area contributed by atoms with E-state index in [1.807, 2.05) is 28.9 Å². The molecule has 6 heteroatoms. The number of nitrogens with zero attached hydrogens (tertiary/aromatic N) is 4. The van der Waals surface area contributed by atoms with Crippen LogP contribution in [0.2, 0.25) is 0 Å². The highest BCUT2D eigenvalue weighted by atomic mass is 32.2. The molecule has 4 rings (SSSR count). The van der Waals surface area contributed by atoms with Gasteiger partial charge >= 0.3 is 0 Å². The topological polar surface area (TPSA) is 52.3 Å². The maximum atomic E-state index is 5.21. The zero-order chi connectivity index (χ0) is 17.2. The van der Waals surface area contributed by atoms with Crippen LogP contribution in [0.4, 0.5) is 0 Å². The predicted molar refractivity (Wildman–Crippen MR) is 99.7 cm³/mol. The van der Waals surface area contributed by atoms with Gasteiger partial charge in [-0.2, -0.15) is 9.78 Å². The summed E-state index contributed by atoms with van der Waals surface area (Å²) >= 11 is 1.67. The third-order valence-electron chi connectivity index (χ3n) is 4.14. The molecule has 0 fully saturated rings. The van der Waals surface area contributed by atoms with Crippen LogP contribution in [0.3, 0.4) is 0 Å². The number of aryl methyl sites for hydroxylation is 1. The minimum atomic E-state index is 0.683. The molecule has 1 aliphatic heterocycles. The van der Waals surface area contributed by atoms with E-state index in [9.17, 15) is 0 Å². The smallest absolute Gasteiger partial charge is 0.212 e. The van der Waals surface area contributed by atoms with Crippen LogP contribution in [-0.4, -0.2) is 33.4 Å². The summed E-state index contributed by atoms with van der Waals surface area (Å²) in [6.45, 7) is 2.09. The number of benzene rings is 2. The molecular weight excluding hydrogens is 332 g/mol. The average Bonchev–Trinajstić information content (AvgIpc) is 3.05. The first kappa shape index (κ1) is 15.9. The number of fused-ring (bicyclic) bond motifs is 1. The minimum absolute atomic E-state index is 0.683. The number of hydrogen-bond donors (Lipinski definition) is 0. The second-order valence-corrected chi connectivity index (χ2v) is 6.88. The fourth-order valence-electron chi connectivity index (χ4n) is 2.69. The molecule has 0 saturated carbocycles. The summed E-state index contributed by atoms with van der Waals surface area (Å²) in [7, 11) is 1.67. The van der Waals surface area contributed by atoms with Gasteiger partial charge in [-0.15, -0.1) is 10.2 Å². The largest absolute Gasteiger partial charge is 0.497 e. The van der Waals surface area contributed by atoms with Crippen molar-refractivity contribution in [3.05, 3.63) is 71.0 Å². The Kier molecular flexibility index (Phi) is 4.28. The Hall–Kier alpha value is -2.60. The zero-order valence-electron chi connectivity index (χ0n) is 14.1. The first-order chi connectivity index (χ1) is 12.2. The highest BCUT2D eigenvalue weighted by Crippen LogP contribution is 2.25. The molecule has 2 heterocycles. The molecule has 1 aliphatic rings. The summed E-state index contributed by atoms with van der Waals surface area (Å²) < 4.78 is 7.08. The first-order valence-electron chi connectivity index (χ1n) is 8.08. The third kappa shape index (κ3) is 3.30. The van der Waals surface area contributed by atoms with E-state index in [1.165, 1.54) is 5.56 Å². The van der Waals surface area contributed by atoms with Crippen LogP contribution in [0.5, 0.6) is 5.75 Å². The van der Waals surface area contributed by atoms with Crippen molar-refractivity contribution in [3.8, 4) is 5.75 Å². The van der Waals surface area contributed by atoms with Gasteiger partial charge in [-0.05, 0) is 30.2 Å². The Morgan fingerprint density at radius 3 is 2.52 bits per heavy atom. The summed E-state index contributed by atoms with van der Waals surface area (Å²) in [5.74, 6) is 2.50. The van der Waals surface area contributed by atoms with Gasteiger partial charge in [0.05, 0.1) is 12.8 Å². The lowest BCUT2D eigenvalue weighted by Crippen LogP contribution is -2.14. The van der Waals surface area contributed by atoms with E-state index in [4.69, 9.17) is 9.84 Å². The first-order valence-corrected chi connectivity index (χ1v) is 9.06. The van der Waals surface area contributed by atoms with Crippen molar-refractivity contribution in [3.63, 3.8) is 0 Å². The van der Waals surface area contributed by atoms with Crippen LogP contribution in [0.1, 0.15) is 22.5 Å². The fourth-order valence-corrected chi connectivity index (χ4v) is 3.55. The molecule has 3 aromatic rings. The van der Waals surface area contributed by atoms with E-state index in [0.29, 0.717) is 6.42 Å². The highest BCUT2D eigenvalue weighted by molar-refractivity contribution is 7.99. The normalized spacial score (nSPS) is 13.3. The van der Waals surface area contributed by atoms with E-state index in [2.05, 4.69) is 41.4 Å². The van der Waals surface area contributed by atoms with Crippen molar-refractivity contribution in [2.24, 2.45) is 5.10 Å². The second kappa shape index (κ2) is 6.72. The van der Waals surface area contributed by atoms with Gasteiger partial charge in [-0.1, -0.05) is 53.7 Å². The second-order valence-electron chi connectivity index (χ2n) is 5.94. The van der Waals surface area contributed by atoms with Crippen molar-refractivity contribution < 1.29 is 4.74 Å². The van der Waals surface area contributed by atoms with Crippen molar-refractivity contribution in [2.75, 3.05) is 12.9 Å². The molecule has 0 unspecified atom stereocenters. The standard InChI is InChI=1S/C19H18N4OS/c1-13-3-7-15(8-4-13)17-12-25-19-21-20-18(23(19)22-17)11-14-5-9-16(24-2)10-6-14/h3-10H,11-12H2,1-2H3. The monoisotopic (exact) mass is 350 g/mol. The molecule has 2 aromatic carbocycles. The van der Waals surface area contributed by atoms with Gasteiger partial charge in [-0.25, -0.2) is 0 Å². The van der Waals surface area contributed by atoms with Gasteiger partial charge in [0.1, 0.15) is 5.75 Å². The fraction of sp³-hybridized carbons (Fsp3) is 0.211. The molecule has 0 N–H and O–H groups in total. The Bertz CT molecular complexity index is 914.